The Morgan fingerprint density at radius 2 is 0.658 bits per heavy atom. The maximum Gasteiger partial charge on any atom is 0.297 e. The Bertz CT molecular complexity index is 1630. The minimum atomic E-state index is -5.92. The first-order valence-corrected chi connectivity index (χ1v) is 15.5. The molecule has 0 saturated heterocycles. The zero-order valence-corrected chi connectivity index (χ0v) is 23.9. The molecular weight excluding hydrogens is 647 g/mol. The van der Waals surface area contributed by atoms with Gasteiger partial charge < -0.3 is 18.9 Å². The number of halogens is 2. The Balaban J connectivity index is 3.80. The molecule has 0 spiro atoms. The van der Waals surface area contributed by atoms with Crippen molar-refractivity contribution >= 4 is 63.7 Å². The van der Waals surface area contributed by atoms with Gasteiger partial charge >= 0.3 is 0 Å². The van der Waals surface area contributed by atoms with Crippen molar-refractivity contribution in [3.8, 4) is 34.1 Å². The second-order valence-electron chi connectivity index (χ2n) is 6.73. The van der Waals surface area contributed by atoms with Gasteiger partial charge in [0.25, 0.3) is 40.5 Å². The van der Waals surface area contributed by atoms with Crippen LogP contribution in [0, 0.1) is 0 Å². The van der Waals surface area contributed by atoms with Gasteiger partial charge in [-0.1, -0.05) is 23.2 Å². The van der Waals surface area contributed by atoms with Crippen molar-refractivity contribution < 1.29 is 70.8 Å². The molecule has 0 radical (unpaired) electrons. The van der Waals surface area contributed by atoms with E-state index < -0.39 is 104 Å². The number of methoxy groups -OCH3 is 4. The summed E-state index contributed by atoms with van der Waals surface area (Å²) >= 11 is 11.9. The van der Waals surface area contributed by atoms with Crippen LogP contribution in [0.25, 0.3) is 11.1 Å². The highest BCUT2D eigenvalue weighted by molar-refractivity contribution is 7.89. The fraction of sp³-hybridized carbons (Fsp3) is 0.250. The van der Waals surface area contributed by atoms with Gasteiger partial charge in [-0.25, -0.2) is 0 Å². The lowest BCUT2D eigenvalue weighted by Crippen LogP contribution is -2.17. The summed E-state index contributed by atoms with van der Waals surface area (Å²) in [6.07, 6.45) is 0. The van der Waals surface area contributed by atoms with Crippen molar-refractivity contribution in [3.63, 3.8) is 0 Å². The molecule has 4 N–H and O–H groups in total. The molecule has 0 atom stereocenters. The van der Waals surface area contributed by atoms with E-state index >= 15 is 0 Å². The first-order valence-electron chi connectivity index (χ1n) is 8.96. The summed E-state index contributed by atoms with van der Waals surface area (Å²) in [6.45, 7) is 0. The van der Waals surface area contributed by atoms with Gasteiger partial charge in [-0.15, -0.1) is 0 Å². The fourth-order valence-electron chi connectivity index (χ4n) is 3.43. The van der Waals surface area contributed by atoms with E-state index in [2.05, 4.69) is 0 Å². The Hall–Kier alpha value is -2.14. The van der Waals surface area contributed by atoms with E-state index in [1.807, 2.05) is 0 Å². The van der Waals surface area contributed by atoms with Gasteiger partial charge in [-0.3, -0.25) is 18.2 Å². The molecule has 0 saturated carbocycles. The van der Waals surface area contributed by atoms with Gasteiger partial charge in [0.05, 0.1) is 39.6 Å². The highest BCUT2D eigenvalue weighted by Gasteiger charge is 2.44. The number of hydrogen-bond acceptors (Lipinski definition) is 12. The monoisotopic (exact) mass is 662 g/mol. The largest absolute Gasteiger partial charge is 0.492 e. The Kier molecular flexibility index (Phi) is 8.82. The molecule has 22 heteroatoms. The Morgan fingerprint density at radius 3 is 0.816 bits per heavy atom. The van der Waals surface area contributed by atoms with E-state index in [0.29, 0.717) is 0 Å². The molecule has 38 heavy (non-hydrogen) atoms. The maximum atomic E-state index is 12.5. The van der Waals surface area contributed by atoms with Crippen molar-refractivity contribution in [3.05, 3.63) is 10.0 Å². The lowest BCUT2D eigenvalue weighted by molar-refractivity contribution is 0.347. The van der Waals surface area contributed by atoms with E-state index in [-0.39, 0.29) is 0 Å². The van der Waals surface area contributed by atoms with Gasteiger partial charge in [-0.2, -0.15) is 33.7 Å². The van der Waals surface area contributed by atoms with Gasteiger partial charge in [-0.05, 0) is 0 Å². The van der Waals surface area contributed by atoms with Gasteiger partial charge in [0.1, 0.15) is 29.6 Å². The van der Waals surface area contributed by atoms with Crippen LogP contribution in [0.1, 0.15) is 0 Å². The highest BCUT2D eigenvalue weighted by atomic mass is 35.5. The molecule has 0 aliphatic heterocycles. The lowest BCUT2D eigenvalue weighted by Gasteiger charge is -2.24. The molecule has 0 amide bonds. The van der Waals surface area contributed by atoms with Crippen molar-refractivity contribution in [1.82, 2.24) is 0 Å². The molecule has 0 aliphatic carbocycles. The van der Waals surface area contributed by atoms with Crippen molar-refractivity contribution in [1.29, 1.82) is 0 Å². The predicted molar refractivity (Wildman–Crippen MR) is 127 cm³/mol. The minimum Gasteiger partial charge on any atom is -0.492 e. The maximum absolute atomic E-state index is 12.5. The molecule has 16 nitrogen and oxygen atoms in total. The van der Waals surface area contributed by atoms with E-state index in [1.54, 1.807) is 0 Å². The molecule has 0 bridgehead atoms. The van der Waals surface area contributed by atoms with E-state index in [4.69, 9.17) is 42.1 Å². The van der Waals surface area contributed by atoms with Crippen LogP contribution in [-0.2, 0) is 40.5 Å². The first-order chi connectivity index (χ1) is 17.1. The smallest absolute Gasteiger partial charge is 0.297 e. The quantitative estimate of drug-likeness (QED) is 0.278. The summed E-state index contributed by atoms with van der Waals surface area (Å²) in [5.41, 5.74) is -2.82. The number of rotatable bonds is 9. The van der Waals surface area contributed by atoms with Gasteiger partial charge in [0.2, 0.25) is 0 Å². The topological polar surface area (TPSA) is 254 Å². The zero-order valence-electron chi connectivity index (χ0n) is 19.1. The average molecular weight is 663 g/mol. The van der Waals surface area contributed by atoms with Crippen molar-refractivity contribution in [2.75, 3.05) is 28.4 Å². The third-order valence-corrected chi connectivity index (χ3v) is 9.53. The van der Waals surface area contributed by atoms with Crippen LogP contribution in [0.5, 0.6) is 23.0 Å². The molecule has 0 aliphatic rings. The van der Waals surface area contributed by atoms with Crippen LogP contribution in [0.4, 0.5) is 0 Å². The van der Waals surface area contributed by atoms with E-state index in [1.165, 1.54) is 0 Å². The number of benzene rings is 2. The standard InChI is InChI=1S/C16H16Cl2O16S4/c1-31-9-5(13(35(19,20)21)15(37(25,26)27)7(17)11(9)33-3)6-10(32-2)12(34-4)8(18)16(38(28,29)30)14(6)36(22,23)24/h1-4H3,(H,19,20,21)(H,22,23,24)(H,25,26,27)(H,28,29,30). The highest BCUT2D eigenvalue weighted by Crippen LogP contribution is 2.58. The second kappa shape index (κ2) is 10.4. The summed E-state index contributed by atoms with van der Waals surface area (Å²) in [6, 6.07) is 0. The number of ether oxygens (including phenoxy) is 4. The minimum absolute atomic E-state index is 0.787. The van der Waals surface area contributed by atoms with Crippen LogP contribution < -0.4 is 18.9 Å². The predicted octanol–water partition coefficient (Wildman–Crippen LogP) is 1.68. The summed E-state index contributed by atoms with van der Waals surface area (Å²) in [7, 11) is -20.1. The molecule has 0 fully saturated rings. The van der Waals surface area contributed by atoms with Crippen LogP contribution in [-0.4, -0.2) is 80.3 Å². The van der Waals surface area contributed by atoms with Crippen molar-refractivity contribution in [2.45, 2.75) is 19.6 Å². The zero-order chi connectivity index (χ0) is 29.8. The molecule has 214 valence electrons. The van der Waals surface area contributed by atoms with Crippen LogP contribution >= 0.6 is 23.2 Å². The fourth-order valence-corrected chi connectivity index (χ4v) is 8.79. The van der Waals surface area contributed by atoms with Gasteiger partial charge in [0, 0.05) is 0 Å². The molecule has 0 heterocycles. The van der Waals surface area contributed by atoms with Crippen molar-refractivity contribution in [2.24, 2.45) is 0 Å². The first kappa shape index (κ1) is 32.1. The molecule has 0 aromatic heterocycles. The van der Waals surface area contributed by atoms with Crippen LogP contribution in [0.15, 0.2) is 19.6 Å². The van der Waals surface area contributed by atoms with E-state index in [9.17, 15) is 51.9 Å². The summed E-state index contributed by atoms with van der Waals surface area (Å²) in [5.74, 6) is -3.83. The number of hydrogen-bond donors (Lipinski definition) is 4. The second-order valence-corrected chi connectivity index (χ2v) is 12.9. The third-order valence-electron chi connectivity index (χ3n) is 4.63. The Labute approximate surface area is 226 Å². The molecule has 0 unspecified atom stereocenters. The van der Waals surface area contributed by atoms with Gasteiger partial charge in [0.15, 0.2) is 23.0 Å². The average Bonchev–Trinajstić information content (AvgIpc) is 2.74. The molecular formula is C16H16Cl2O16S4. The van der Waals surface area contributed by atoms with Crippen LogP contribution in [0.3, 0.4) is 0 Å². The summed E-state index contributed by atoms with van der Waals surface area (Å²) in [5, 5.41) is -2.40. The molecule has 2 aromatic rings. The Morgan fingerprint density at radius 1 is 0.447 bits per heavy atom. The molecule has 2 aromatic carbocycles. The summed E-state index contributed by atoms with van der Waals surface area (Å²) < 4.78 is 159. The summed E-state index contributed by atoms with van der Waals surface area (Å²) in [4.78, 5) is -7.37. The lowest BCUT2D eigenvalue weighted by atomic mass is 10.0. The normalized spacial score (nSPS) is 12.8. The van der Waals surface area contributed by atoms with Crippen LogP contribution in [0.2, 0.25) is 10.0 Å². The third kappa shape index (κ3) is 5.46. The SMILES string of the molecule is COc1c(Cl)c(S(=O)(=O)O)c(S(=O)(=O)O)c(-c2c(OC)c(OC)c(Cl)c(S(=O)(=O)O)c2S(=O)(=O)O)c1OC. The van der Waals surface area contributed by atoms with E-state index in [0.717, 1.165) is 28.4 Å². The molecule has 2 rings (SSSR count).